The highest BCUT2D eigenvalue weighted by molar-refractivity contribution is 5.85. The highest BCUT2D eigenvalue weighted by Crippen LogP contribution is 2.38. The van der Waals surface area contributed by atoms with Crippen molar-refractivity contribution in [3.05, 3.63) is 42.1 Å². The van der Waals surface area contributed by atoms with Crippen molar-refractivity contribution in [3.63, 3.8) is 0 Å². The number of nitrogens with zero attached hydrogens (tertiary/aromatic N) is 3. The number of nitrogens with two attached hydrogens (primary N) is 1. The minimum Gasteiger partial charge on any atom is -0.495 e. The molecule has 0 saturated heterocycles. The zero-order valence-electron chi connectivity index (χ0n) is 18.6. The number of ether oxygens (including phenoxy) is 3. The molecule has 7 nitrogen and oxygen atoms in total. The molecule has 1 aromatic carbocycles. The van der Waals surface area contributed by atoms with E-state index >= 15 is 0 Å². The summed E-state index contributed by atoms with van der Waals surface area (Å²) in [5, 5.41) is 9.76. The van der Waals surface area contributed by atoms with Crippen LogP contribution in [0, 0.1) is 17.2 Å². The van der Waals surface area contributed by atoms with Crippen LogP contribution in [0.15, 0.2) is 36.5 Å². The second-order valence-corrected chi connectivity index (χ2v) is 8.24. The minimum atomic E-state index is -0.372. The number of methoxy groups -OCH3 is 2. The fraction of sp³-hybridized carbons (Fsp3) is 0.417. The maximum Gasteiger partial charge on any atom is 0.199 e. The quantitative estimate of drug-likeness (QED) is 0.558. The molecule has 32 heavy (non-hydrogen) atoms. The number of hydrogen-bond donors (Lipinski definition) is 1. The molecule has 2 N–H and O–H groups in total. The van der Waals surface area contributed by atoms with Crippen LogP contribution < -0.4 is 19.9 Å². The van der Waals surface area contributed by atoms with E-state index in [1.54, 1.807) is 20.4 Å². The average Bonchev–Trinajstić information content (AvgIpc) is 3.40. The zero-order chi connectivity index (χ0) is 22.0. The number of pyridine rings is 1. The Kier molecular flexibility index (Phi) is 7.17. The number of imidazole rings is 1. The van der Waals surface area contributed by atoms with E-state index in [4.69, 9.17) is 19.9 Å². The van der Waals surface area contributed by atoms with Crippen LogP contribution in [0.2, 0.25) is 0 Å². The van der Waals surface area contributed by atoms with Crippen molar-refractivity contribution < 1.29 is 14.2 Å². The molecule has 0 amide bonds. The summed E-state index contributed by atoms with van der Waals surface area (Å²) >= 11 is 0. The van der Waals surface area contributed by atoms with Crippen molar-refractivity contribution >= 4 is 18.1 Å². The molecule has 1 fully saturated rings. The van der Waals surface area contributed by atoms with Crippen molar-refractivity contribution in [3.8, 4) is 34.7 Å². The highest BCUT2D eigenvalue weighted by Gasteiger charge is 2.36. The second kappa shape index (κ2) is 9.68. The number of nitriles is 1. The summed E-state index contributed by atoms with van der Waals surface area (Å²) < 4.78 is 19.1. The van der Waals surface area contributed by atoms with Gasteiger partial charge < -0.3 is 19.9 Å². The van der Waals surface area contributed by atoms with E-state index in [-0.39, 0.29) is 17.9 Å². The second-order valence-electron chi connectivity index (χ2n) is 8.24. The first-order valence-electron chi connectivity index (χ1n) is 10.6. The zero-order valence-corrected chi connectivity index (χ0v) is 19.4. The Morgan fingerprint density at radius 2 is 2.03 bits per heavy atom. The maximum absolute atomic E-state index is 9.76. The molecule has 2 aromatic heterocycles. The Balaban J connectivity index is 0.00000289. The Labute approximate surface area is 194 Å². The summed E-state index contributed by atoms with van der Waals surface area (Å²) in [6, 6.07) is 11.6. The topological polar surface area (TPSA) is 94.8 Å². The lowest BCUT2D eigenvalue weighted by Crippen LogP contribution is -2.43. The number of benzene rings is 1. The average molecular weight is 457 g/mol. The lowest BCUT2D eigenvalue weighted by Gasteiger charge is -2.25. The van der Waals surface area contributed by atoms with E-state index in [0.717, 1.165) is 42.6 Å². The third kappa shape index (κ3) is 4.34. The molecule has 170 valence electrons. The van der Waals surface area contributed by atoms with Gasteiger partial charge in [-0.15, -0.1) is 12.4 Å². The highest BCUT2D eigenvalue weighted by atomic mass is 35.5. The Morgan fingerprint density at radius 3 is 2.69 bits per heavy atom. The minimum absolute atomic E-state index is 0. The summed E-state index contributed by atoms with van der Waals surface area (Å²) in [6.45, 7) is 2.56. The van der Waals surface area contributed by atoms with Gasteiger partial charge in [-0.3, -0.25) is 4.40 Å². The van der Waals surface area contributed by atoms with Crippen LogP contribution in [0.3, 0.4) is 0 Å². The Hall–Kier alpha value is -2.95. The fourth-order valence-corrected chi connectivity index (χ4v) is 4.46. The van der Waals surface area contributed by atoms with Gasteiger partial charge in [-0.05, 0) is 49.4 Å². The predicted molar refractivity (Wildman–Crippen MR) is 126 cm³/mol. The fourth-order valence-electron chi connectivity index (χ4n) is 4.46. The Morgan fingerprint density at radius 1 is 1.25 bits per heavy atom. The van der Waals surface area contributed by atoms with Crippen molar-refractivity contribution in [2.24, 2.45) is 11.7 Å². The SMILES string of the molecule is CC[C@H]1CC[C@@](N)(COc2cc(-c3cnc4cccc(OC)n34)cc(OC)c2C#N)C1.Cl. The van der Waals surface area contributed by atoms with Crippen LogP contribution in [0.5, 0.6) is 17.4 Å². The predicted octanol–water partition coefficient (Wildman–Crippen LogP) is 4.60. The molecular formula is C24H29ClN4O3. The number of hydrogen-bond acceptors (Lipinski definition) is 6. The van der Waals surface area contributed by atoms with Crippen molar-refractivity contribution in [2.75, 3.05) is 20.8 Å². The number of halogens is 1. The molecule has 3 aromatic rings. The summed E-state index contributed by atoms with van der Waals surface area (Å²) in [7, 11) is 3.17. The van der Waals surface area contributed by atoms with Gasteiger partial charge in [-0.25, -0.2) is 4.98 Å². The van der Waals surface area contributed by atoms with Crippen LogP contribution in [-0.4, -0.2) is 35.8 Å². The first-order valence-corrected chi connectivity index (χ1v) is 10.6. The van der Waals surface area contributed by atoms with Gasteiger partial charge in [0.15, 0.2) is 5.88 Å². The molecule has 4 rings (SSSR count). The van der Waals surface area contributed by atoms with Gasteiger partial charge in [0.25, 0.3) is 0 Å². The normalized spacial score (nSPS) is 19.9. The van der Waals surface area contributed by atoms with E-state index in [1.807, 2.05) is 34.7 Å². The lowest BCUT2D eigenvalue weighted by molar-refractivity contribution is 0.214. The van der Waals surface area contributed by atoms with Crippen LogP contribution >= 0.6 is 12.4 Å². The molecule has 1 aliphatic rings. The molecule has 0 spiro atoms. The van der Waals surface area contributed by atoms with Gasteiger partial charge in [-0.1, -0.05) is 19.4 Å². The van der Waals surface area contributed by atoms with Crippen LogP contribution in [0.4, 0.5) is 0 Å². The van der Waals surface area contributed by atoms with Crippen molar-refractivity contribution in [1.29, 1.82) is 5.26 Å². The van der Waals surface area contributed by atoms with E-state index < -0.39 is 0 Å². The molecule has 0 unspecified atom stereocenters. The van der Waals surface area contributed by atoms with E-state index in [0.29, 0.717) is 35.5 Å². The van der Waals surface area contributed by atoms with Gasteiger partial charge >= 0.3 is 0 Å². The number of fused-ring (bicyclic) bond motifs is 1. The van der Waals surface area contributed by atoms with Gasteiger partial charge in [0.2, 0.25) is 0 Å². The van der Waals surface area contributed by atoms with Crippen LogP contribution in [0.25, 0.3) is 16.9 Å². The molecule has 2 atom stereocenters. The monoisotopic (exact) mass is 456 g/mol. The van der Waals surface area contributed by atoms with Gasteiger partial charge in [-0.2, -0.15) is 5.26 Å². The van der Waals surface area contributed by atoms with Crippen LogP contribution in [-0.2, 0) is 0 Å². The maximum atomic E-state index is 9.76. The molecule has 0 bridgehead atoms. The van der Waals surface area contributed by atoms with E-state index in [9.17, 15) is 5.26 Å². The molecule has 2 heterocycles. The van der Waals surface area contributed by atoms with Crippen molar-refractivity contribution in [2.45, 2.75) is 38.1 Å². The molecular weight excluding hydrogens is 428 g/mol. The third-order valence-corrected chi connectivity index (χ3v) is 6.23. The first-order chi connectivity index (χ1) is 15.0. The summed E-state index contributed by atoms with van der Waals surface area (Å²) in [5.41, 5.74) is 8.99. The molecule has 0 aliphatic heterocycles. The molecule has 1 aliphatic carbocycles. The summed E-state index contributed by atoms with van der Waals surface area (Å²) in [6.07, 6.45) is 5.88. The molecule has 8 heteroatoms. The van der Waals surface area contributed by atoms with Crippen molar-refractivity contribution in [1.82, 2.24) is 9.38 Å². The summed E-state index contributed by atoms with van der Waals surface area (Å²) in [4.78, 5) is 4.49. The van der Waals surface area contributed by atoms with Gasteiger partial charge in [0.05, 0.1) is 31.6 Å². The Bertz CT molecular complexity index is 1140. The number of rotatable bonds is 7. The standard InChI is InChI=1S/C24H28N4O3.ClH/c1-4-16-8-9-24(26,12-16)15-31-21-11-17(10-20(29-2)18(21)13-25)19-14-27-22-6-5-7-23(30-3)28(19)22;/h5-7,10-11,14,16H,4,8-9,12,15,26H2,1-3H3;1H/t16-,24-;/m0./s1. The smallest absolute Gasteiger partial charge is 0.199 e. The van der Waals surface area contributed by atoms with Gasteiger partial charge in [0, 0.05) is 5.56 Å². The number of aromatic nitrogens is 2. The lowest BCUT2D eigenvalue weighted by atomic mass is 9.97. The largest absolute Gasteiger partial charge is 0.495 e. The third-order valence-electron chi connectivity index (χ3n) is 6.23. The molecule has 0 radical (unpaired) electrons. The van der Waals surface area contributed by atoms with E-state index in [2.05, 4.69) is 18.0 Å². The molecule has 1 saturated carbocycles. The van der Waals surface area contributed by atoms with Crippen LogP contribution in [0.1, 0.15) is 38.2 Å². The van der Waals surface area contributed by atoms with E-state index in [1.165, 1.54) is 0 Å². The summed E-state index contributed by atoms with van der Waals surface area (Å²) in [5.74, 6) is 2.21. The first kappa shape index (κ1) is 23.7. The van der Waals surface area contributed by atoms with Gasteiger partial charge in [0.1, 0.15) is 35.4 Å².